The zero-order valence-electron chi connectivity index (χ0n) is 10.5. The SMILES string of the molecule is Cc1cc(NCCN)n2nc(-c3ccco3)nc2n1. The molecule has 0 saturated heterocycles. The molecule has 0 radical (unpaired) electrons. The number of hydrogen-bond donors (Lipinski definition) is 2. The first kappa shape index (κ1) is 11.7. The summed E-state index contributed by atoms with van der Waals surface area (Å²) in [4.78, 5) is 8.71. The number of anilines is 1. The van der Waals surface area contributed by atoms with Gasteiger partial charge < -0.3 is 15.5 Å². The number of aryl methyl sites for hydroxylation is 1. The molecule has 0 fully saturated rings. The maximum absolute atomic E-state index is 5.50. The molecule has 0 bridgehead atoms. The molecule has 3 N–H and O–H groups in total. The van der Waals surface area contributed by atoms with Gasteiger partial charge in [-0.05, 0) is 19.1 Å². The quantitative estimate of drug-likeness (QED) is 0.726. The predicted molar refractivity (Wildman–Crippen MR) is 70.8 cm³/mol. The molecule has 0 unspecified atom stereocenters. The predicted octanol–water partition coefficient (Wildman–Crippen LogP) is 1.06. The molecule has 0 saturated carbocycles. The van der Waals surface area contributed by atoms with E-state index in [0.29, 0.717) is 30.5 Å². The fraction of sp³-hybridized carbons (Fsp3) is 0.250. The number of furan rings is 1. The summed E-state index contributed by atoms with van der Waals surface area (Å²) in [6, 6.07) is 5.52. The second-order valence-electron chi connectivity index (χ2n) is 4.12. The Labute approximate surface area is 109 Å². The fourth-order valence-corrected chi connectivity index (χ4v) is 1.82. The topological polar surface area (TPSA) is 94.3 Å². The van der Waals surface area contributed by atoms with Gasteiger partial charge in [0.05, 0.1) is 6.26 Å². The van der Waals surface area contributed by atoms with Crippen molar-refractivity contribution in [3.63, 3.8) is 0 Å². The van der Waals surface area contributed by atoms with E-state index >= 15 is 0 Å². The molecule has 7 heteroatoms. The summed E-state index contributed by atoms with van der Waals surface area (Å²) in [7, 11) is 0. The van der Waals surface area contributed by atoms with Crippen LogP contribution in [0.5, 0.6) is 0 Å². The van der Waals surface area contributed by atoms with Crippen LogP contribution in [0.1, 0.15) is 5.69 Å². The number of hydrogen-bond acceptors (Lipinski definition) is 6. The molecule has 3 heterocycles. The Balaban J connectivity index is 2.10. The van der Waals surface area contributed by atoms with Crippen molar-refractivity contribution < 1.29 is 4.42 Å². The van der Waals surface area contributed by atoms with Crippen LogP contribution >= 0.6 is 0 Å². The highest BCUT2D eigenvalue weighted by atomic mass is 16.3. The highest BCUT2D eigenvalue weighted by Crippen LogP contribution is 2.18. The molecular formula is C12H14N6O. The molecule has 3 aromatic rings. The largest absolute Gasteiger partial charge is 0.461 e. The van der Waals surface area contributed by atoms with E-state index in [0.717, 1.165) is 11.5 Å². The van der Waals surface area contributed by atoms with Crippen molar-refractivity contribution in [3.05, 3.63) is 30.2 Å². The van der Waals surface area contributed by atoms with E-state index in [1.165, 1.54) is 0 Å². The van der Waals surface area contributed by atoms with Crippen molar-refractivity contribution in [1.29, 1.82) is 0 Å². The smallest absolute Gasteiger partial charge is 0.254 e. The van der Waals surface area contributed by atoms with E-state index in [4.69, 9.17) is 10.2 Å². The first-order valence-electron chi connectivity index (χ1n) is 6.00. The molecule has 0 aromatic carbocycles. The van der Waals surface area contributed by atoms with Crippen LogP contribution in [0.4, 0.5) is 5.82 Å². The highest BCUT2D eigenvalue weighted by molar-refractivity contribution is 5.53. The minimum atomic E-state index is 0.513. The van der Waals surface area contributed by atoms with Crippen LogP contribution < -0.4 is 11.1 Å². The lowest BCUT2D eigenvalue weighted by Gasteiger charge is -2.06. The molecule has 3 rings (SSSR count). The van der Waals surface area contributed by atoms with Crippen LogP contribution in [0.25, 0.3) is 17.4 Å². The minimum absolute atomic E-state index is 0.513. The zero-order chi connectivity index (χ0) is 13.2. The number of rotatable bonds is 4. The molecular weight excluding hydrogens is 244 g/mol. The van der Waals surface area contributed by atoms with Crippen molar-refractivity contribution in [1.82, 2.24) is 19.6 Å². The first-order valence-corrected chi connectivity index (χ1v) is 6.00. The van der Waals surface area contributed by atoms with Crippen LogP contribution in [-0.2, 0) is 0 Å². The second-order valence-corrected chi connectivity index (χ2v) is 4.12. The summed E-state index contributed by atoms with van der Waals surface area (Å²) in [5, 5.41) is 7.60. The molecule has 0 aliphatic carbocycles. The van der Waals surface area contributed by atoms with E-state index in [1.807, 2.05) is 19.1 Å². The fourth-order valence-electron chi connectivity index (χ4n) is 1.82. The van der Waals surface area contributed by atoms with E-state index in [9.17, 15) is 0 Å². The van der Waals surface area contributed by atoms with Gasteiger partial charge in [-0.3, -0.25) is 0 Å². The summed E-state index contributed by atoms with van der Waals surface area (Å²) < 4.78 is 6.95. The Bertz CT molecular complexity index is 688. The van der Waals surface area contributed by atoms with Gasteiger partial charge in [-0.25, -0.2) is 4.98 Å². The average Bonchev–Trinajstić information content (AvgIpc) is 3.03. The van der Waals surface area contributed by atoms with Gasteiger partial charge in [-0.2, -0.15) is 9.50 Å². The van der Waals surface area contributed by atoms with E-state index in [1.54, 1.807) is 16.8 Å². The summed E-state index contributed by atoms with van der Waals surface area (Å²) in [5.74, 6) is 2.48. The second kappa shape index (κ2) is 4.69. The van der Waals surface area contributed by atoms with Gasteiger partial charge in [0.2, 0.25) is 5.82 Å². The molecule has 0 aliphatic rings. The monoisotopic (exact) mass is 258 g/mol. The maximum atomic E-state index is 5.50. The molecule has 3 aromatic heterocycles. The van der Waals surface area contributed by atoms with Crippen LogP contribution in [0.2, 0.25) is 0 Å². The first-order chi connectivity index (χ1) is 9.28. The van der Waals surface area contributed by atoms with Gasteiger partial charge in [-0.15, -0.1) is 5.10 Å². The Kier molecular flexibility index (Phi) is 2.88. The third kappa shape index (κ3) is 2.15. The Hall–Kier alpha value is -2.41. The lowest BCUT2D eigenvalue weighted by atomic mass is 10.4. The number of fused-ring (bicyclic) bond motifs is 1. The average molecular weight is 258 g/mol. The lowest BCUT2D eigenvalue weighted by Crippen LogP contribution is -2.15. The van der Waals surface area contributed by atoms with Crippen LogP contribution in [0.3, 0.4) is 0 Å². The van der Waals surface area contributed by atoms with Gasteiger partial charge in [0.25, 0.3) is 5.78 Å². The van der Waals surface area contributed by atoms with Gasteiger partial charge in [0.15, 0.2) is 5.76 Å². The van der Waals surface area contributed by atoms with E-state index < -0.39 is 0 Å². The summed E-state index contributed by atoms with van der Waals surface area (Å²) >= 11 is 0. The molecule has 7 nitrogen and oxygen atoms in total. The lowest BCUT2D eigenvalue weighted by molar-refractivity contribution is 0.577. The van der Waals surface area contributed by atoms with Crippen molar-refractivity contribution >= 4 is 11.6 Å². The van der Waals surface area contributed by atoms with E-state index in [2.05, 4.69) is 20.4 Å². The van der Waals surface area contributed by atoms with Crippen molar-refractivity contribution in [3.8, 4) is 11.6 Å². The molecule has 0 spiro atoms. The van der Waals surface area contributed by atoms with Crippen LogP contribution in [0.15, 0.2) is 28.9 Å². The Morgan fingerprint density at radius 2 is 2.32 bits per heavy atom. The molecule has 0 aliphatic heterocycles. The highest BCUT2D eigenvalue weighted by Gasteiger charge is 2.12. The van der Waals surface area contributed by atoms with E-state index in [-0.39, 0.29) is 0 Å². The minimum Gasteiger partial charge on any atom is -0.461 e. The van der Waals surface area contributed by atoms with Crippen LogP contribution in [0, 0.1) is 6.92 Å². The number of nitrogens with two attached hydrogens (primary N) is 1. The molecule has 19 heavy (non-hydrogen) atoms. The maximum Gasteiger partial charge on any atom is 0.254 e. The van der Waals surface area contributed by atoms with Crippen molar-refractivity contribution in [2.24, 2.45) is 5.73 Å². The van der Waals surface area contributed by atoms with Crippen LogP contribution in [-0.4, -0.2) is 32.7 Å². The standard InChI is InChI=1S/C12H14N6O/c1-8-7-10(14-5-4-13)18-12(15-8)16-11(17-18)9-3-2-6-19-9/h2-3,6-7,14H,4-5,13H2,1H3. The third-order valence-electron chi connectivity index (χ3n) is 2.63. The third-order valence-corrected chi connectivity index (χ3v) is 2.63. The molecule has 0 atom stereocenters. The Morgan fingerprint density at radius 1 is 1.42 bits per heavy atom. The van der Waals surface area contributed by atoms with Gasteiger partial charge >= 0.3 is 0 Å². The summed E-state index contributed by atoms with van der Waals surface area (Å²) in [5.41, 5.74) is 6.37. The normalized spacial score (nSPS) is 11.1. The number of nitrogens with zero attached hydrogens (tertiary/aromatic N) is 4. The summed E-state index contributed by atoms with van der Waals surface area (Å²) in [6.07, 6.45) is 1.59. The van der Waals surface area contributed by atoms with Gasteiger partial charge in [0, 0.05) is 24.8 Å². The number of aromatic nitrogens is 4. The molecule has 0 amide bonds. The summed E-state index contributed by atoms with van der Waals surface area (Å²) in [6.45, 7) is 3.12. The van der Waals surface area contributed by atoms with Crippen molar-refractivity contribution in [2.45, 2.75) is 6.92 Å². The molecule has 98 valence electrons. The number of nitrogens with one attached hydrogen (secondary N) is 1. The van der Waals surface area contributed by atoms with Gasteiger partial charge in [-0.1, -0.05) is 0 Å². The zero-order valence-corrected chi connectivity index (χ0v) is 10.5. The Morgan fingerprint density at radius 3 is 3.05 bits per heavy atom. The van der Waals surface area contributed by atoms with Crippen molar-refractivity contribution in [2.75, 3.05) is 18.4 Å². The van der Waals surface area contributed by atoms with Gasteiger partial charge in [0.1, 0.15) is 5.82 Å².